The van der Waals surface area contributed by atoms with Crippen molar-refractivity contribution in [3.05, 3.63) is 67.1 Å². The van der Waals surface area contributed by atoms with Crippen molar-refractivity contribution < 1.29 is 9.66 Å². The van der Waals surface area contributed by atoms with Crippen molar-refractivity contribution in [1.29, 1.82) is 0 Å². The molecule has 2 aromatic carbocycles. The van der Waals surface area contributed by atoms with Gasteiger partial charge in [-0.2, -0.15) is 0 Å². The van der Waals surface area contributed by atoms with Crippen LogP contribution in [-0.2, 0) is 13.2 Å². The van der Waals surface area contributed by atoms with Gasteiger partial charge in [-0.3, -0.25) is 10.1 Å². The lowest BCUT2D eigenvalue weighted by Crippen LogP contribution is -2.03. The van der Waals surface area contributed by atoms with Gasteiger partial charge in [0, 0.05) is 39.3 Å². The van der Waals surface area contributed by atoms with Gasteiger partial charge in [0.15, 0.2) is 0 Å². The number of nitrogens with zero attached hydrogens (tertiary/aromatic N) is 1. The van der Waals surface area contributed by atoms with Gasteiger partial charge in [-0.05, 0) is 24.3 Å². The highest BCUT2D eigenvalue weighted by Gasteiger charge is 2.10. The first-order valence-electron chi connectivity index (χ1n) is 6.05. The number of nitro benzene ring substituents is 1. The second-order valence-corrected chi connectivity index (χ2v) is 5.57. The van der Waals surface area contributed by atoms with Gasteiger partial charge < -0.3 is 10.5 Å². The number of non-ortho nitro benzene ring substituents is 1. The van der Waals surface area contributed by atoms with Crippen LogP contribution in [0.15, 0.2) is 40.9 Å². The molecule has 0 aliphatic heterocycles. The molecule has 110 valence electrons. The van der Waals surface area contributed by atoms with E-state index in [0.717, 1.165) is 11.1 Å². The van der Waals surface area contributed by atoms with Crippen LogP contribution >= 0.6 is 27.5 Å². The van der Waals surface area contributed by atoms with Crippen molar-refractivity contribution in [2.45, 2.75) is 13.2 Å². The molecule has 0 saturated carbocycles. The fourth-order valence-electron chi connectivity index (χ4n) is 1.77. The van der Waals surface area contributed by atoms with Crippen LogP contribution in [0, 0.1) is 10.1 Å². The van der Waals surface area contributed by atoms with Crippen LogP contribution in [0.4, 0.5) is 5.69 Å². The van der Waals surface area contributed by atoms with Crippen LogP contribution in [0.5, 0.6) is 5.75 Å². The van der Waals surface area contributed by atoms with Gasteiger partial charge in [0.25, 0.3) is 5.69 Å². The lowest BCUT2D eigenvalue weighted by molar-refractivity contribution is -0.384. The van der Waals surface area contributed by atoms with Gasteiger partial charge in [0.05, 0.1) is 4.92 Å². The molecule has 2 aromatic rings. The molecule has 0 heterocycles. The maximum absolute atomic E-state index is 10.7. The summed E-state index contributed by atoms with van der Waals surface area (Å²) >= 11 is 9.21. The molecule has 0 aromatic heterocycles. The van der Waals surface area contributed by atoms with Crippen LogP contribution in [-0.4, -0.2) is 4.92 Å². The second kappa shape index (κ2) is 6.89. The average molecular weight is 372 g/mol. The first-order valence-corrected chi connectivity index (χ1v) is 7.22. The zero-order valence-corrected chi connectivity index (χ0v) is 13.2. The summed E-state index contributed by atoms with van der Waals surface area (Å²) in [6.45, 7) is 0.588. The monoisotopic (exact) mass is 370 g/mol. The number of nitro groups is 1. The molecular weight excluding hydrogens is 360 g/mol. The normalized spacial score (nSPS) is 10.4. The predicted molar refractivity (Wildman–Crippen MR) is 84.5 cm³/mol. The Bertz CT molecular complexity index is 679. The first-order chi connectivity index (χ1) is 10.0. The second-order valence-electron chi connectivity index (χ2n) is 4.28. The van der Waals surface area contributed by atoms with E-state index in [4.69, 9.17) is 22.1 Å². The molecule has 2 N–H and O–H groups in total. The Morgan fingerprint density at radius 3 is 2.62 bits per heavy atom. The van der Waals surface area contributed by atoms with E-state index in [0.29, 0.717) is 21.8 Å². The maximum Gasteiger partial charge on any atom is 0.270 e. The number of ether oxygens (including phenoxy) is 1. The van der Waals surface area contributed by atoms with E-state index in [1.54, 1.807) is 24.3 Å². The number of rotatable bonds is 5. The quantitative estimate of drug-likeness (QED) is 0.635. The summed E-state index contributed by atoms with van der Waals surface area (Å²) in [4.78, 5) is 10.2. The Labute approximate surface area is 134 Å². The van der Waals surface area contributed by atoms with E-state index in [2.05, 4.69) is 15.9 Å². The average Bonchev–Trinajstić information content (AvgIpc) is 2.46. The maximum atomic E-state index is 10.7. The van der Waals surface area contributed by atoms with Crippen molar-refractivity contribution in [3.63, 3.8) is 0 Å². The molecule has 0 atom stereocenters. The lowest BCUT2D eigenvalue weighted by Gasteiger charge is -2.11. The van der Waals surface area contributed by atoms with Gasteiger partial charge in [-0.15, -0.1) is 0 Å². The third-order valence-electron chi connectivity index (χ3n) is 2.87. The zero-order chi connectivity index (χ0) is 15.4. The molecule has 0 amide bonds. The van der Waals surface area contributed by atoms with Gasteiger partial charge in [-0.25, -0.2) is 0 Å². The fourth-order valence-corrected chi connectivity index (χ4v) is 2.45. The molecule has 21 heavy (non-hydrogen) atoms. The first kappa shape index (κ1) is 15.8. The van der Waals surface area contributed by atoms with Gasteiger partial charge in [0.1, 0.15) is 12.4 Å². The molecule has 0 aliphatic rings. The fraction of sp³-hybridized carbons (Fsp3) is 0.143. The van der Waals surface area contributed by atoms with Crippen molar-refractivity contribution in [1.82, 2.24) is 0 Å². The molecular formula is C14H12BrClN2O3. The van der Waals surface area contributed by atoms with Crippen molar-refractivity contribution >= 4 is 33.2 Å². The zero-order valence-electron chi connectivity index (χ0n) is 10.9. The molecule has 0 unspecified atom stereocenters. The van der Waals surface area contributed by atoms with Crippen LogP contribution in [0.1, 0.15) is 11.1 Å². The van der Waals surface area contributed by atoms with Crippen LogP contribution in [0.25, 0.3) is 0 Å². The summed E-state index contributed by atoms with van der Waals surface area (Å²) in [6, 6.07) is 9.77. The van der Waals surface area contributed by atoms with E-state index >= 15 is 0 Å². The summed E-state index contributed by atoms with van der Waals surface area (Å²) in [5.41, 5.74) is 7.29. The van der Waals surface area contributed by atoms with Crippen LogP contribution in [0.2, 0.25) is 5.02 Å². The summed E-state index contributed by atoms with van der Waals surface area (Å²) < 4.78 is 6.34. The van der Waals surface area contributed by atoms with Gasteiger partial charge in [-0.1, -0.05) is 27.5 Å². The predicted octanol–water partition coefficient (Wildman–Crippen LogP) is 4.05. The lowest BCUT2D eigenvalue weighted by atomic mass is 10.2. The number of benzene rings is 2. The number of halogens is 2. The standard InChI is InChI=1S/C14H12BrClN2O3/c15-13-6-12(18(19)20)3-1-9(13)8-21-14-4-2-11(16)5-10(14)7-17/h1-6H,7-8,17H2. The molecule has 0 bridgehead atoms. The molecule has 5 nitrogen and oxygen atoms in total. The highest BCUT2D eigenvalue weighted by molar-refractivity contribution is 9.10. The van der Waals surface area contributed by atoms with Gasteiger partial charge >= 0.3 is 0 Å². The Morgan fingerprint density at radius 2 is 2.00 bits per heavy atom. The Hall–Kier alpha value is -1.63. The van der Waals surface area contributed by atoms with E-state index in [1.165, 1.54) is 12.1 Å². The van der Waals surface area contributed by atoms with Crippen LogP contribution in [0.3, 0.4) is 0 Å². The summed E-state index contributed by atoms with van der Waals surface area (Å²) in [5, 5.41) is 11.3. The van der Waals surface area contributed by atoms with Gasteiger partial charge in [0.2, 0.25) is 0 Å². The summed E-state index contributed by atoms with van der Waals surface area (Å²) in [7, 11) is 0. The number of hydrogen-bond acceptors (Lipinski definition) is 4. The number of hydrogen-bond donors (Lipinski definition) is 1. The smallest absolute Gasteiger partial charge is 0.270 e. The highest BCUT2D eigenvalue weighted by atomic mass is 79.9. The van der Waals surface area contributed by atoms with Crippen LogP contribution < -0.4 is 10.5 Å². The molecule has 0 fully saturated rings. The third kappa shape index (κ3) is 3.93. The SMILES string of the molecule is NCc1cc(Cl)ccc1OCc1ccc([N+](=O)[O-])cc1Br. The summed E-state index contributed by atoms with van der Waals surface area (Å²) in [5.74, 6) is 0.646. The molecule has 2 rings (SSSR count). The van der Waals surface area contributed by atoms with E-state index in [-0.39, 0.29) is 12.3 Å². The molecule has 0 aliphatic carbocycles. The largest absolute Gasteiger partial charge is 0.489 e. The minimum absolute atomic E-state index is 0.0276. The topological polar surface area (TPSA) is 78.4 Å². The Kier molecular flexibility index (Phi) is 5.17. The Morgan fingerprint density at radius 1 is 1.24 bits per heavy atom. The molecule has 0 spiro atoms. The van der Waals surface area contributed by atoms with E-state index in [1.807, 2.05) is 0 Å². The molecule has 7 heteroatoms. The summed E-state index contributed by atoms with van der Waals surface area (Å²) in [6.07, 6.45) is 0. The highest BCUT2D eigenvalue weighted by Crippen LogP contribution is 2.27. The van der Waals surface area contributed by atoms with Crippen molar-refractivity contribution in [3.8, 4) is 5.75 Å². The van der Waals surface area contributed by atoms with E-state index < -0.39 is 4.92 Å². The number of nitrogens with two attached hydrogens (primary N) is 1. The van der Waals surface area contributed by atoms with Crippen molar-refractivity contribution in [2.24, 2.45) is 5.73 Å². The molecule has 0 radical (unpaired) electrons. The van der Waals surface area contributed by atoms with Crippen molar-refractivity contribution in [2.75, 3.05) is 0 Å². The third-order valence-corrected chi connectivity index (χ3v) is 3.85. The van der Waals surface area contributed by atoms with E-state index in [9.17, 15) is 10.1 Å². The minimum Gasteiger partial charge on any atom is -0.489 e. The molecule has 0 saturated heterocycles. The minimum atomic E-state index is -0.443. The Balaban J connectivity index is 2.15.